The van der Waals surface area contributed by atoms with E-state index in [1.54, 1.807) is 19.3 Å². The monoisotopic (exact) mass is 193 g/mol. The Morgan fingerprint density at radius 2 is 1.86 bits per heavy atom. The molecule has 2 bridgehead atoms. The zero-order chi connectivity index (χ0) is 9.54. The van der Waals surface area contributed by atoms with Crippen LogP contribution in [-0.4, -0.2) is 13.1 Å². The maximum atomic E-state index is 3.65. The maximum absolute atomic E-state index is 3.65. The Hall–Kier alpha value is -0.0400. The van der Waals surface area contributed by atoms with Crippen molar-refractivity contribution in [2.75, 3.05) is 13.1 Å². The van der Waals surface area contributed by atoms with E-state index in [1.165, 1.54) is 37.8 Å². The molecule has 3 rings (SSSR count). The third-order valence-electron chi connectivity index (χ3n) is 4.98. The Kier molecular flexibility index (Phi) is 2.31. The molecular formula is C13H23N. The van der Waals surface area contributed by atoms with Crippen LogP contribution >= 0.6 is 0 Å². The molecule has 3 aliphatic rings. The molecule has 4 unspecified atom stereocenters. The molecule has 0 radical (unpaired) electrons. The fraction of sp³-hybridized carbons (Fsp3) is 1.00. The summed E-state index contributed by atoms with van der Waals surface area (Å²) in [6, 6.07) is 0. The minimum Gasteiger partial charge on any atom is -0.316 e. The molecule has 0 saturated heterocycles. The van der Waals surface area contributed by atoms with E-state index in [9.17, 15) is 0 Å². The van der Waals surface area contributed by atoms with Gasteiger partial charge < -0.3 is 5.32 Å². The Labute approximate surface area is 87.7 Å². The van der Waals surface area contributed by atoms with E-state index in [-0.39, 0.29) is 0 Å². The highest BCUT2D eigenvalue weighted by molar-refractivity contribution is 5.13. The second-order valence-electron chi connectivity index (χ2n) is 5.71. The van der Waals surface area contributed by atoms with Crippen LogP contribution in [0.3, 0.4) is 0 Å². The van der Waals surface area contributed by atoms with Gasteiger partial charge in [-0.1, -0.05) is 13.3 Å². The van der Waals surface area contributed by atoms with Gasteiger partial charge in [0.15, 0.2) is 0 Å². The van der Waals surface area contributed by atoms with Crippen LogP contribution in [0, 0.1) is 29.6 Å². The van der Waals surface area contributed by atoms with Crippen molar-refractivity contribution in [3.05, 3.63) is 0 Å². The summed E-state index contributed by atoms with van der Waals surface area (Å²) in [5.41, 5.74) is 0. The Balaban J connectivity index is 1.41. The van der Waals surface area contributed by atoms with Crippen molar-refractivity contribution in [2.45, 2.75) is 39.0 Å². The molecule has 1 nitrogen and oxygen atoms in total. The Bertz CT molecular complexity index is 197. The van der Waals surface area contributed by atoms with Crippen LogP contribution < -0.4 is 5.32 Å². The molecule has 4 atom stereocenters. The summed E-state index contributed by atoms with van der Waals surface area (Å²) in [4.78, 5) is 0. The number of unbranched alkanes of at least 4 members (excludes halogenated alkanes) is 1. The van der Waals surface area contributed by atoms with Gasteiger partial charge in [0.25, 0.3) is 0 Å². The Morgan fingerprint density at radius 3 is 2.50 bits per heavy atom. The number of fused-ring (bicyclic) bond motifs is 5. The zero-order valence-corrected chi connectivity index (χ0v) is 9.34. The quantitative estimate of drug-likeness (QED) is 0.662. The van der Waals surface area contributed by atoms with Crippen LogP contribution in [0.4, 0.5) is 0 Å². The van der Waals surface area contributed by atoms with Gasteiger partial charge in [-0.05, 0) is 68.4 Å². The molecule has 80 valence electrons. The SMILES string of the molecule is CCCCNCC1C2C3CCC(C3)C12. The highest BCUT2D eigenvalue weighted by atomic mass is 14.9. The van der Waals surface area contributed by atoms with Gasteiger partial charge in [0, 0.05) is 0 Å². The first kappa shape index (κ1) is 9.21. The number of nitrogens with one attached hydrogen (secondary N) is 1. The van der Waals surface area contributed by atoms with Gasteiger partial charge in [-0.25, -0.2) is 0 Å². The predicted molar refractivity (Wildman–Crippen MR) is 59.1 cm³/mol. The summed E-state index contributed by atoms with van der Waals surface area (Å²) in [5.74, 6) is 5.75. The molecule has 0 spiro atoms. The van der Waals surface area contributed by atoms with E-state index < -0.39 is 0 Å². The molecule has 3 saturated carbocycles. The largest absolute Gasteiger partial charge is 0.316 e. The lowest BCUT2D eigenvalue weighted by molar-refractivity contribution is 0.442. The highest BCUT2D eigenvalue weighted by Crippen LogP contribution is 2.69. The maximum Gasteiger partial charge on any atom is -0.00148 e. The van der Waals surface area contributed by atoms with E-state index in [0.29, 0.717) is 0 Å². The minimum absolute atomic E-state index is 1.10. The molecule has 0 heterocycles. The van der Waals surface area contributed by atoms with E-state index in [0.717, 1.165) is 17.8 Å². The summed E-state index contributed by atoms with van der Waals surface area (Å²) < 4.78 is 0. The van der Waals surface area contributed by atoms with Crippen molar-refractivity contribution >= 4 is 0 Å². The standard InChI is InChI=1S/C13H23N/c1-2-3-6-14-8-11-12-9-4-5-10(7-9)13(11)12/h9-14H,2-8H2,1H3. The van der Waals surface area contributed by atoms with Crippen molar-refractivity contribution in [1.29, 1.82) is 0 Å². The minimum atomic E-state index is 1.10. The molecular weight excluding hydrogens is 170 g/mol. The molecule has 1 N–H and O–H groups in total. The van der Waals surface area contributed by atoms with Gasteiger partial charge in [0.1, 0.15) is 0 Å². The molecule has 0 aromatic carbocycles. The second kappa shape index (κ2) is 3.52. The lowest BCUT2D eigenvalue weighted by Crippen LogP contribution is -2.20. The molecule has 0 amide bonds. The van der Waals surface area contributed by atoms with Crippen molar-refractivity contribution in [3.63, 3.8) is 0 Å². The zero-order valence-electron chi connectivity index (χ0n) is 9.34. The summed E-state index contributed by atoms with van der Waals surface area (Å²) in [7, 11) is 0. The highest BCUT2D eigenvalue weighted by Gasteiger charge is 2.64. The van der Waals surface area contributed by atoms with E-state index in [1.807, 2.05) is 0 Å². The van der Waals surface area contributed by atoms with Crippen LogP contribution in [0.5, 0.6) is 0 Å². The lowest BCUT2D eigenvalue weighted by Gasteiger charge is -2.09. The normalized spacial score (nSPS) is 48.2. The molecule has 1 heteroatoms. The van der Waals surface area contributed by atoms with E-state index in [2.05, 4.69) is 12.2 Å². The van der Waals surface area contributed by atoms with Gasteiger partial charge in [0.2, 0.25) is 0 Å². The fourth-order valence-electron chi connectivity index (χ4n) is 4.35. The molecule has 14 heavy (non-hydrogen) atoms. The summed E-state index contributed by atoms with van der Waals surface area (Å²) in [6.45, 7) is 4.86. The summed E-state index contributed by atoms with van der Waals surface area (Å²) >= 11 is 0. The van der Waals surface area contributed by atoms with Crippen LogP contribution in [-0.2, 0) is 0 Å². The van der Waals surface area contributed by atoms with Crippen LogP contribution in [0.1, 0.15) is 39.0 Å². The van der Waals surface area contributed by atoms with Crippen molar-refractivity contribution < 1.29 is 0 Å². The first-order valence-corrected chi connectivity index (χ1v) is 6.62. The van der Waals surface area contributed by atoms with Gasteiger partial charge in [-0.3, -0.25) is 0 Å². The van der Waals surface area contributed by atoms with Crippen LogP contribution in [0.15, 0.2) is 0 Å². The first-order chi connectivity index (χ1) is 6.92. The average molecular weight is 193 g/mol. The van der Waals surface area contributed by atoms with Crippen LogP contribution in [0.2, 0.25) is 0 Å². The Morgan fingerprint density at radius 1 is 1.14 bits per heavy atom. The summed E-state index contributed by atoms with van der Waals surface area (Å²) in [5, 5.41) is 3.65. The van der Waals surface area contributed by atoms with E-state index in [4.69, 9.17) is 0 Å². The van der Waals surface area contributed by atoms with Gasteiger partial charge in [0.05, 0.1) is 0 Å². The first-order valence-electron chi connectivity index (χ1n) is 6.62. The second-order valence-corrected chi connectivity index (χ2v) is 5.71. The molecule has 3 fully saturated rings. The van der Waals surface area contributed by atoms with Gasteiger partial charge in [-0.15, -0.1) is 0 Å². The lowest BCUT2D eigenvalue weighted by atomic mass is 10.0. The molecule has 3 aliphatic carbocycles. The molecule has 0 aromatic rings. The van der Waals surface area contributed by atoms with Crippen molar-refractivity contribution in [1.82, 2.24) is 5.32 Å². The fourth-order valence-corrected chi connectivity index (χ4v) is 4.35. The topological polar surface area (TPSA) is 12.0 Å². The number of hydrogen-bond donors (Lipinski definition) is 1. The van der Waals surface area contributed by atoms with Gasteiger partial charge in [-0.2, -0.15) is 0 Å². The average Bonchev–Trinajstić information content (AvgIpc) is 2.60. The van der Waals surface area contributed by atoms with Crippen LogP contribution in [0.25, 0.3) is 0 Å². The van der Waals surface area contributed by atoms with Crippen molar-refractivity contribution in [2.24, 2.45) is 29.6 Å². The van der Waals surface area contributed by atoms with E-state index >= 15 is 0 Å². The smallest absolute Gasteiger partial charge is 0.00148 e. The molecule has 0 aromatic heterocycles. The number of hydrogen-bond acceptors (Lipinski definition) is 1. The third kappa shape index (κ3) is 1.32. The predicted octanol–water partition coefficient (Wildman–Crippen LogP) is 2.67. The molecule has 0 aliphatic heterocycles. The third-order valence-corrected chi connectivity index (χ3v) is 4.98. The number of rotatable bonds is 5. The van der Waals surface area contributed by atoms with Crippen molar-refractivity contribution in [3.8, 4) is 0 Å². The summed E-state index contributed by atoms with van der Waals surface area (Å²) in [6.07, 6.45) is 7.42. The van der Waals surface area contributed by atoms with Gasteiger partial charge >= 0.3 is 0 Å².